The summed E-state index contributed by atoms with van der Waals surface area (Å²) in [7, 11) is 0. The van der Waals surface area contributed by atoms with E-state index in [0.717, 1.165) is 34.0 Å². The van der Waals surface area contributed by atoms with E-state index in [1.807, 2.05) is 47.3 Å². The highest BCUT2D eigenvalue weighted by Gasteiger charge is 2.47. The molecule has 4 atom stereocenters. The molecule has 1 fully saturated rings. The van der Waals surface area contributed by atoms with Crippen LogP contribution in [0.1, 0.15) is 53.8 Å². The number of hydrogen-bond acceptors (Lipinski definition) is 6. The summed E-state index contributed by atoms with van der Waals surface area (Å²) < 4.78 is 21.9. The van der Waals surface area contributed by atoms with Crippen molar-refractivity contribution in [1.29, 1.82) is 0 Å². The number of ether oxygens (including phenoxy) is 3. The van der Waals surface area contributed by atoms with Crippen molar-refractivity contribution >= 4 is 11.3 Å². The van der Waals surface area contributed by atoms with E-state index in [2.05, 4.69) is 50.0 Å². The third kappa shape index (κ3) is 6.12. The van der Waals surface area contributed by atoms with Crippen molar-refractivity contribution in [3.8, 4) is 5.75 Å². The van der Waals surface area contributed by atoms with Crippen LogP contribution in [-0.4, -0.2) is 27.2 Å². The fourth-order valence-corrected chi connectivity index (χ4v) is 5.56. The third-order valence-corrected chi connectivity index (χ3v) is 8.13. The van der Waals surface area contributed by atoms with E-state index < -0.39 is 5.79 Å². The first kappa shape index (κ1) is 25.6. The number of aromatic nitrogens is 3. The number of aryl methyl sites for hydroxylation is 2. The second-order valence-electron chi connectivity index (χ2n) is 9.88. The normalized spacial score (nSPS) is 21.1. The third-order valence-electron chi connectivity index (χ3n) is 7.01. The van der Waals surface area contributed by atoms with Crippen LogP contribution in [0.15, 0.2) is 79.5 Å². The molecule has 1 aliphatic rings. The van der Waals surface area contributed by atoms with Gasteiger partial charge in [0.25, 0.3) is 0 Å². The molecule has 0 aliphatic carbocycles. The van der Waals surface area contributed by atoms with Gasteiger partial charge in [0, 0.05) is 24.2 Å². The van der Waals surface area contributed by atoms with Gasteiger partial charge >= 0.3 is 0 Å². The van der Waals surface area contributed by atoms with Gasteiger partial charge in [-0.05, 0) is 37.8 Å². The number of rotatable bonds is 11. The van der Waals surface area contributed by atoms with Gasteiger partial charge in [0.15, 0.2) is 6.10 Å². The van der Waals surface area contributed by atoms with Gasteiger partial charge in [0.1, 0.15) is 11.9 Å². The molecular formula is C30H35N3O3S. The van der Waals surface area contributed by atoms with Crippen molar-refractivity contribution in [1.82, 2.24) is 14.5 Å². The first-order valence-electron chi connectivity index (χ1n) is 13.1. The lowest BCUT2D eigenvalue weighted by atomic mass is 10.0. The van der Waals surface area contributed by atoms with Gasteiger partial charge in [-0.2, -0.15) is 0 Å². The number of benzene rings is 2. The van der Waals surface area contributed by atoms with Crippen LogP contribution in [0, 0.1) is 12.8 Å². The Labute approximate surface area is 223 Å². The lowest BCUT2D eigenvalue weighted by molar-refractivity contribution is -0.195. The Hall–Kier alpha value is -3.00. The van der Waals surface area contributed by atoms with Crippen LogP contribution in [0.2, 0.25) is 0 Å². The summed E-state index contributed by atoms with van der Waals surface area (Å²) in [6.07, 6.45) is 10.1. The molecule has 7 heteroatoms. The van der Waals surface area contributed by atoms with Crippen molar-refractivity contribution < 1.29 is 14.2 Å². The number of imidazole rings is 1. The summed E-state index contributed by atoms with van der Waals surface area (Å²) in [6.45, 7) is 7.51. The molecule has 37 heavy (non-hydrogen) atoms. The van der Waals surface area contributed by atoms with Gasteiger partial charge in [-0.1, -0.05) is 68.3 Å². The Bertz CT molecular complexity index is 1240. The predicted molar refractivity (Wildman–Crippen MR) is 146 cm³/mol. The molecule has 4 unspecified atom stereocenters. The Balaban J connectivity index is 1.44. The highest BCUT2D eigenvalue weighted by molar-refractivity contribution is 7.11. The van der Waals surface area contributed by atoms with Crippen molar-refractivity contribution in [3.05, 3.63) is 101 Å². The summed E-state index contributed by atoms with van der Waals surface area (Å²) in [5.74, 6) is 0.545. The van der Waals surface area contributed by atoms with Crippen molar-refractivity contribution in [2.75, 3.05) is 6.61 Å². The average molecular weight is 518 g/mol. The van der Waals surface area contributed by atoms with Gasteiger partial charge in [-0.15, -0.1) is 11.3 Å². The lowest BCUT2D eigenvalue weighted by Crippen LogP contribution is -2.35. The fourth-order valence-electron chi connectivity index (χ4n) is 4.54. The Morgan fingerprint density at radius 1 is 1.16 bits per heavy atom. The zero-order chi connectivity index (χ0) is 25.7. The maximum atomic E-state index is 6.85. The molecule has 194 valence electrons. The van der Waals surface area contributed by atoms with Crippen molar-refractivity contribution in [2.45, 2.75) is 64.6 Å². The number of thiazole rings is 1. The van der Waals surface area contributed by atoms with E-state index in [4.69, 9.17) is 19.2 Å². The molecular weight excluding hydrogens is 482 g/mol. The average Bonchev–Trinajstić information content (AvgIpc) is 3.69. The van der Waals surface area contributed by atoms with E-state index in [0.29, 0.717) is 19.1 Å². The van der Waals surface area contributed by atoms with Crippen LogP contribution in [0.3, 0.4) is 0 Å². The molecule has 4 aromatic rings. The van der Waals surface area contributed by atoms with Gasteiger partial charge in [-0.25, -0.2) is 9.97 Å². The highest BCUT2D eigenvalue weighted by atomic mass is 32.1. The molecule has 3 heterocycles. The predicted octanol–water partition coefficient (Wildman–Crippen LogP) is 6.72. The van der Waals surface area contributed by atoms with Crippen molar-refractivity contribution in [3.63, 3.8) is 0 Å². The summed E-state index contributed by atoms with van der Waals surface area (Å²) in [4.78, 5) is 10.0. The molecule has 5 rings (SSSR count). The first-order chi connectivity index (χ1) is 18.0. The van der Waals surface area contributed by atoms with Gasteiger partial charge < -0.3 is 18.8 Å². The van der Waals surface area contributed by atoms with E-state index in [1.165, 1.54) is 12.0 Å². The van der Waals surface area contributed by atoms with Crippen LogP contribution in [-0.2, 0) is 28.2 Å². The Kier molecular flexibility index (Phi) is 8.03. The Morgan fingerprint density at radius 2 is 1.97 bits per heavy atom. The molecule has 6 nitrogen and oxygen atoms in total. The first-order valence-corrected chi connectivity index (χ1v) is 13.9. The maximum Gasteiger partial charge on any atom is 0.214 e. The molecule has 0 bridgehead atoms. The molecule has 2 aromatic carbocycles. The summed E-state index contributed by atoms with van der Waals surface area (Å²) in [5, 5.41) is 1.14. The minimum absolute atomic E-state index is 0.312. The molecule has 0 saturated carbocycles. The number of hydrogen-bond donors (Lipinski definition) is 0. The monoisotopic (exact) mass is 517 g/mol. The largest absolute Gasteiger partial charge is 0.482 e. The Morgan fingerprint density at radius 3 is 2.70 bits per heavy atom. The van der Waals surface area contributed by atoms with Gasteiger partial charge in [0.2, 0.25) is 5.79 Å². The molecule has 0 amide bonds. The number of para-hydroxylation sites is 1. The zero-order valence-electron chi connectivity index (χ0n) is 21.7. The van der Waals surface area contributed by atoms with Crippen LogP contribution in [0.25, 0.3) is 0 Å². The van der Waals surface area contributed by atoms with E-state index in [1.54, 1.807) is 23.9 Å². The second kappa shape index (κ2) is 11.6. The van der Waals surface area contributed by atoms with Crippen LogP contribution in [0.5, 0.6) is 5.75 Å². The van der Waals surface area contributed by atoms with Crippen LogP contribution >= 0.6 is 11.3 Å². The SMILES string of the molecule is CCC(C)CCc1ncc(C(Oc2ccccc2)C2COC(Cn3ccnc3)(c3ccc(C)cc3)O2)s1. The maximum absolute atomic E-state index is 6.85. The topological polar surface area (TPSA) is 58.4 Å². The highest BCUT2D eigenvalue weighted by Crippen LogP contribution is 2.42. The molecule has 0 spiro atoms. The summed E-state index contributed by atoms with van der Waals surface area (Å²) in [5.41, 5.74) is 2.17. The standard InChI is InChI=1S/C30H35N3O3S/c1-4-22(2)12-15-28-32-18-27(37-28)29(35-25-8-6-5-7-9-25)26-19-34-30(36-26,20-33-17-16-31-21-33)24-13-10-23(3)11-14-24/h5-11,13-14,16-18,21-22,26,29H,4,12,15,19-20H2,1-3H3. The van der Waals surface area contributed by atoms with E-state index in [-0.39, 0.29) is 12.2 Å². The van der Waals surface area contributed by atoms with Crippen molar-refractivity contribution in [2.24, 2.45) is 5.92 Å². The fraction of sp³-hybridized carbons (Fsp3) is 0.400. The van der Waals surface area contributed by atoms with Gasteiger partial charge in [-0.3, -0.25) is 0 Å². The number of nitrogens with zero attached hydrogens (tertiary/aromatic N) is 3. The summed E-state index contributed by atoms with van der Waals surface area (Å²) >= 11 is 1.72. The van der Waals surface area contributed by atoms with E-state index >= 15 is 0 Å². The van der Waals surface area contributed by atoms with Crippen LogP contribution in [0.4, 0.5) is 0 Å². The molecule has 0 radical (unpaired) electrons. The molecule has 2 aromatic heterocycles. The minimum atomic E-state index is -0.943. The summed E-state index contributed by atoms with van der Waals surface area (Å²) in [6, 6.07) is 18.3. The van der Waals surface area contributed by atoms with Crippen LogP contribution < -0.4 is 4.74 Å². The van der Waals surface area contributed by atoms with E-state index in [9.17, 15) is 0 Å². The quantitative estimate of drug-likeness (QED) is 0.221. The minimum Gasteiger partial charge on any atom is -0.482 e. The lowest BCUT2D eigenvalue weighted by Gasteiger charge is -2.30. The second-order valence-corrected chi connectivity index (χ2v) is 11.0. The molecule has 1 saturated heterocycles. The van der Waals surface area contributed by atoms with Gasteiger partial charge in [0.05, 0.1) is 29.4 Å². The molecule has 0 N–H and O–H groups in total. The zero-order valence-corrected chi connectivity index (χ0v) is 22.6. The molecule has 1 aliphatic heterocycles. The smallest absolute Gasteiger partial charge is 0.214 e.